The van der Waals surface area contributed by atoms with Crippen molar-refractivity contribution >= 4 is 39.3 Å². The fraction of sp³-hybridized carbons (Fsp3) is 0.294. The first-order chi connectivity index (χ1) is 11.0. The maximum absolute atomic E-state index is 12.5. The molecule has 1 saturated heterocycles. The molecule has 0 spiro atoms. The molecule has 1 fully saturated rings. The van der Waals surface area contributed by atoms with E-state index in [1.807, 2.05) is 11.1 Å². The van der Waals surface area contributed by atoms with Crippen LogP contribution in [0, 0.1) is 6.92 Å². The molecule has 0 saturated carbocycles. The highest BCUT2D eigenvalue weighted by molar-refractivity contribution is 9.10. The smallest absolute Gasteiger partial charge is 0.254 e. The summed E-state index contributed by atoms with van der Waals surface area (Å²) >= 11 is 9.41. The molecule has 0 radical (unpaired) electrons. The summed E-state index contributed by atoms with van der Waals surface area (Å²) in [4.78, 5) is 21.1. The summed E-state index contributed by atoms with van der Waals surface area (Å²) in [6.45, 7) is 4.98. The number of halogens is 2. The highest BCUT2D eigenvalue weighted by Gasteiger charge is 2.23. The topological polar surface area (TPSA) is 36.4 Å². The van der Waals surface area contributed by atoms with Crippen molar-refractivity contribution in [1.29, 1.82) is 0 Å². The van der Waals surface area contributed by atoms with E-state index in [2.05, 4.69) is 38.8 Å². The molecular weight excluding hydrogens is 378 g/mol. The SMILES string of the molecule is Cc1cc(Br)cnc1N1CCN(C(=O)c2cccc(Cl)c2)CC1. The van der Waals surface area contributed by atoms with Crippen LogP contribution in [0.2, 0.25) is 5.02 Å². The highest BCUT2D eigenvalue weighted by Crippen LogP contribution is 2.22. The number of aromatic nitrogens is 1. The van der Waals surface area contributed by atoms with Crippen molar-refractivity contribution in [3.63, 3.8) is 0 Å². The average molecular weight is 395 g/mol. The number of benzene rings is 1. The first-order valence-electron chi connectivity index (χ1n) is 7.46. The van der Waals surface area contributed by atoms with Crippen LogP contribution < -0.4 is 4.90 Å². The number of hydrogen-bond donors (Lipinski definition) is 0. The fourth-order valence-corrected chi connectivity index (χ4v) is 3.43. The number of pyridine rings is 1. The first kappa shape index (κ1) is 16.3. The lowest BCUT2D eigenvalue weighted by atomic mass is 10.1. The Hall–Kier alpha value is -1.59. The van der Waals surface area contributed by atoms with Crippen LogP contribution in [0.4, 0.5) is 5.82 Å². The van der Waals surface area contributed by atoms with Crippen LogP contribution in [-0.4, -0.2) is 42.0 Å². The number of rotatable bonds is 2. The van der Waals surface area contributed by atoms with Crippen molar-refractivity contribution in [1.82, 2.24) is 9.88 Å². The van der Waals surface area contributed by atoms with Gasteiger partial charge in [-0.1, -0.05) is 17.7 Å². The summed E-state index contributed by atoms with van der Waals surface area (Å²) in [5, 5.41) is 0.587. The Kier molecular flexibility index (Phi) is 4.87. The van der Waals surface area contributed by atoms with Gasteiger partial charge in [-0.15, -0.1) is 0 Å². The fourth-order valence-electron chi connectivity index (χ4n) is 2.79. The van der Waals surface area contributed by atoms with Crippen LogP contribution in [0.1, 0.15) is 15.9 Å². The van der Waals surface area contributed by atoms with Gasteiger partial charge in [-0.3, -0.25) is 4.79 Å². The molecule has 0 bridgehead atoms. The maximum atomic E-state index is 12.5. The number of anilines is 1. The summed E-state index contributed by atoms with van der Waals surface area (Å²) < 4.78 is 0.980. The van der Waals surface area contributed by atoms with E-state index in [0.717, 1.165) is 28.9 Å². The maximum Gasteiger partial charge on any atom is 0.254 e. The van der Waals surface area contributed by atoms with Crippen molar-refractivity contribution < 1.29 is 4.79 Å². The summed E-state index contributed by atoms with van der Waals surface area (Å²) in [5.74, 6) is 1.02. The number of nitrogens with zero attached hydrogens (tertiary/aromatic N) is 3. The molecule has 1 aromatic heterocycles. The van der Waals surface area contributed by atoms with Gasteiger partial charge in [0.2, 0.25) is 0 Å². The van der Waals surface area contributed by atoms with Gasteiger partial charge in [0.25, 0.3) is 5.91 Å². The number of carbonyl (C=O) groups is 1. The molecule has 2 heterocycles. The monoisotopic (exact) mass is 393 g/mol. The molecule has 1 amide bonds. The van der Waals surface area contributed by atoms with E-state index < -0.39 is 0 Å². The molecule has 0 N–H and O–H groups in total. The number of carbonyl (C=O) groups excluding carboxylic acids is 1. The van der Waals surface area contributed by atoms with Gasteiger partial charge in [0.05, 0.1) is 0 Å². The lowest BCUT2D eigenvalue weighted by molar-refractivity contribution is 0.0746. The van der Waals surface area contributed by atoms with Crippen molar-refractivity contribution in [3.8, 4) is 0 Å². The predicted octanol–water partition coefficient (Wildman–Crippen LogP) is 3.77. The van der Waals surface area contributed by atoms with Crippen molar-refractivity contribution in [3.05, 3.63) is 57.2 Å². The van der Waals surface area contributed by atoms with Crippen molar-refractivity contribution in [2.45, 2.75) is 6.92 Å². The minimum absolute atomic E-state index is 0.0348. The Morgan fingerprint density at radius 1 is 1.22 bits per heavy atom. The molecule has 6 heteroatoms. The van der Waals surface area contributed by atoms with E-state index in [4.69, 9.17) is 11.6 Å². The quantitative estimate of drug-likeness (QED) is 0.778. The largest absolute Gasteiger partial charge is 0.353 e. The van der Waals surface area contributed by atoms with Crippen LogP contribution in [-0.2, 0) is 0 Å². The average Bonchev–Trinajstić information content (AvgIpc) is 2.54. The minimum Gasteiger partial charge on any atom is -0.353 e. The van der Waals surface area contributed by atoms with Crippen molar-refractivity contribution in [2.24, 2.45) is 0 Å². The molecule has 1 aliphatic rings. The standard InChI is InChI=1S/C17H17BrClN3O/c1-12-9-14(18)11-20-16(12)21-5-7-22(8-6-21)17(23)13-3-2-4-15(19)10-13/h2-4,9-11H,5-8H2,1H3. The van der Waals surface area contributed by atoms with E-state index in [9.17, 15) is 4.79 Å². The molecule has 120 valence electrons. The Labute approximate surface area is 149 Å². The van der Waals surface area contributed by atoms with E-state index in [0.29, 0.717) is 23.7 Å². The van der Waals surface area contributed by atoms with Gasteiger partial charge in [0.1, 0.15) is 5.82 Å². The molecule has 3 rings (SSSR count). The van der Waals surface area contributed by atoms with Crippen LogP contribution in [0.15, 0.2) is 41.0 Å². The van der Waals surface area contributed by atoms with Gasteiger partial charge in [0, 0.05) is 47.4 Å². The zero-order valence-corrected chi connectivity index (χ0v) is 15.1. The third-order valence-corrected chi connectivity index (χ3v) is 4.62. The van der Waals surface area contributed by atoms with Gasteiger partial charge in [0.15, 0.2) is 0 Å². The molecule has 0 unspecified atom stereocenters. The number of hydrogen-bond acceptors (Lipinski definition) is 3. The van der Waals surface area contributed by atoms with Gasteiger partial charge < -0.3 is 9.80 Å². The number of amides is 1. The third kappa shape index (κ3) is 3.67. The second-order valence-corrected chi connectivity index (χ2v) is 6.94. The zero-order valence-electron chi connectivity index (χ0n) is 12.8. The van der Waals surface area contributed by atoms with Gasteiger partial charge in [-0.25, -0.2) is 4.98 Å². The molecule has 0 atom stereocenters. The van der Waals surface area contributed by atoms with Crippen LogP contribution in [0.3, 0.4) is 0 Å². The normalized spacial score (nSPS) is 14.9. The number of aryl methyl sites for hydroxylation is 1. The summed E-state index contributed by atoms with van der Waals surface area (Å²) in [6.07, 6.45) is 1.81. The Morgan fingerprint density at radius 3 is 2.61 bits per heavy atom. The molecule has 1 aliphatic heterocycles. The molecule has 23 heavy (non-hydrogen) atoms. The van der Waals surface area contributed by atoms with E-state index in [1.54, 1.807) is 24.3 Å². The summed E-state index contributed by atoms with van der Waals surface area (Å²) in [5.41, 5.74) is 1.78. The molecule has 1 aromatic carbocycles. The molecular formula is C17H17BrClN3O. The van der Waals surface area contributed by atoms with Crippen LogP contribution in [0.25, 0.3) is 0 Å². The minimum atomic E-state index is 0.0348. The number of piperazine rings is 1. The van der Waals surface area contributed by atoms with E-state index in [-0.39, 0.29) is 5.91 Å². The lowest BCUT2D eigenvalue weighted by Gasteiger charge is -2.36. The van der Waals surface area contributed by atoms with E-state index in [1.165, 1.54) is 0 Å². The molecule has 4 nitrogen and oxygen atoms in total. The summed E-state index contributed by atoms with van der Waals surface area (Å²) in [6, 6.07) is 9.17. The van der Waals surface area contributed by atoms with Crippen LogP contribution >= 0.6 is 27.5 Å². The van der Waals surface area contributed by atoms with Gasteiger partial charge >= 0.3 is 0 Å². The van der Waals surface area contributed by atoms with E-state index >= 15 is 0 Å². The zero-order chi connectivity index (χ0) is 16.4. The summed E-state index contributed by atoms with van der Waals surface area (Å²) in [7, 11) is 0. The van der Waals surface area contributed by atoms with Gasteiger partial charge in [-0.05, 0) is 52.7 Å². The van der Waals surface area contributed by atoms with Crippen molar-refractivity contribution in [2.75, 3.05) is 31.1 Å². The van der Waals surface area contributed by atoms with Crippen LogP contribution in [0.5, 0.6) is 0 Å². The predicted molar refractivity (Wildman–Crippen MR) is 96.2 cm³/mol. The lowest BCUT2D eigenvalue weighted by Crippen LogP contribution is -2.49. The third-order valence-electron chi connectivity index (χ3n) is 3.96. The molecule has 2 aromatic rings. The van der Waals surface area contributed by atoms with Gasteiger partial charge in [-0.2, -0.15) is 0 Å². The Balaban J connectivity index is 1.67. The Bertz CT molecular complexity index is 730. The second-order valence-electron chi connectivity index (χ2n) is 5.58. The second kappa shape index (κ2) is 6.89. The first-order valence-corrected chi connectivity index (χ1v) is 8.63. The Morgan fingerprint density at radius 2 is 1.96 bits per heavy atom. The molecule has 0 aliphatic carbocycles. The highest BCUT2D eigenvalue weighted by atomic mass is 79.9.